The van der Waals surface area contributed by atoms with Crippen LogP contribution in [0.25, 0.3) is 0 Å². The molecule has 0 unspecified atom stereocenters. The molecule has 0 aromatic carbocycles. The molecule has 1 saturated carbocycles. The van der Waals surface area contributed by atoms with Gasteiger partial charge in [-0.1, -0.05) is 6.92 Å². The van der Waals surface area contributed by atoms with E-state index in [9.17, 15) is 4.79 Å². The third kappa shape index (κ3) is 1.52. The van der Waals surface area contributed by atoms with Gasteiger partial charge in [0.25, 0.3) is 0 Å². The summed E-state index contributed by atoms with van der Waals surface area (Å²) in [5, 5.41) is 9.14. The van der Waals surface area contributed by atoms with Gasteiger partial charge in [-0.2, -0.15) is 0 Å². The van der Waals surface area contributed by atoms with Crippen molar-refractivity contribution < 1.29 is 9.90 Å². The summed E-state index contributed by atoms with van der Waals surface area (Å²) in [5.41, 5.74) is 0. The van der Waals surface area contributed by atoms with E-state index in [0.717, 1.165) is 0 Å². The molecule has 0 bridgehead atoms. The van der Waals surface area contributed by atoms with Gasteiger partial charge in [-0.15, -0.1) is 0 Å². The van der Waals surface area contributed by atoms with Gasteiger partial charge in [0.05, 0.1) is 6.10 Å². The highest BCUT2D eigenvalue weighted by molar-refractivity contribution is 5.79. The highest BCUT2D eigenvalue weighted by Gasteiger charge is 2.23. The Labute approximate surface area is 54.9 Å². The molecule has 0 aromatic rings. The van der Waals surface area contributed by atoms with Crippen LogP contribution in [0, 0.1) is 5.92 Å². The van der Waals surface area contributed by atoms with Crippen LogP contribution in [0.4, 0.5) is 0 Å². The molecule has 1 aliphatic carbocycles. The van der Waals surface area contributed by atoms with Crippen LogP contribution in [0.2, 0.25) is 0 Å². The molecule has 52 valence electrons. The van der Waals surface area contributed by atoms with Crippen molar-refractivity contribution in [2.45, 2.75) is 32.3 Å². The van der Waals surface area contributed by atoms with E-state index in [1.54, 1.807) is 0 Å². The van der Waals surface area contributed by atoms with Gasteiger partial charge in [0, 0.05) is 12.8 Å². The van der Waals surface area contributed by atoms with Crippen molar-refractivity contribution >= 4 is 5.78 Å². The fraction of sp³-hybridized carbons (Fsp3) is 0.857. The summed E-state index contributed by atoms with van der Waals surface area (Å²) in [6.45, 7) is 1.92. The van der Waals surface area contributed by atoms with Crippen molar-refractivity contribution in [3.05, 3.63) is 0 Å². The van der Waals surface area contributed by atoms with Crippen LogP contribution < -0.4 is 0 Å². The SMILES string of the molecule is C[C@H]1CC(=O)CC[C@H]1O. The number of hydrogen-bond acceptors (Lipinski definition) is 2. The van der Waals surface area contributed by atoms with Crippen LogP contribution >= 0.6 is 0 Å². The first-order valence-corrected chi connectivity index (χ1v) is 3.40. The van der Waals surface area contributed by atoms with Gasteiger partial charge >= 0.3 is 0 Å². The molecule has 0 aromatic heterocycles. The van der Waals surface area contributed by atoms with Crippen LogP contribution in [0.1, 0.15) is 26.2 Å². The van der Waals surface area contributed by atoms with Gasteiger partial charge in [0.1, 0.15) is 5.78 Å². The van der Waals surface area contributed by atoms with Crippen LogP contribution in [-0.4, -0.2) is 17.0 Å². The van der Waals surface area contributed by atoms with Crippen LogP contribution in [0.5, 0.6) is 0 Å². The largest absolute Gasteiger partial charge is 0.393 e. The molecule has 9 heavy (non-hydrogen) atoms. The Morgan fingerprint density at radius 2 is 2.33 bits per heavy atom. The predicted octanol–water partition coefficient (Wildman–Crippen LogP) is 0.736. The Kier molecular flexibility index (Phi) is 1.86. The molecule has 0 aliphatic heterocycles. The van der Waals surface area contributed by atoms with E-state index in [1.807, 2.05) is 6.92 Å². The highest BCUT2D eigenvalue weighted by Crippen LogP contribution is 2.20. The Morgan fingerprint density at radius 1 is 1.67 bits per heavy atom. The molecule has 0 radical (unpaired) electrons. The lowest BCUT2D eigenvalue weighted by Crippen LogP contribution is -2.26. The van der Waals surface area contributed by atoms with Crippen LogP contribution in [0.15, 0.2) is 0 Å². The molecule has 1 fully saturated rings. The average Bonchev–Trinajstić information content (AvgIpc) is 1.80. The van der Waals surface area contributed by atoms with Crippen molar-refractivity contribution in [3.63, 3.8) is 0 Å². The minimum atomic E-state index is -0.234. The van der Waals surface area contributed by atoms with E-state index in [0.29, 0.717) is 25.0 Å². The normalized spacial score (nSPS) is 36.9. The lowest BCUT2D eigenvalue weighted by atomic mass is 9.87. The van der Waals surface area contributed by atoms with Crippen molar-refractivity contribution in [1.29, 1.82) is 0 Å². The van der Waals surface area contributed by atoms with Crippen molar-refractivity contribution in [3.8, 4) is 0 Å². The first-order valence-electron chi connectivity index (χ1n) is 3.40. The fourth-order valence-corrected chi connectivity index (χ4v) is 1.19. The van der Waals surface area contributed by atoms with Crippen molar-refractivity contribution in [1.82, 2.24) is 0 Å². The highest BCUT2D eigenvalue weighted by atomic mass is 16.3. The second-order valence-corrected chi connectivity index (χ2v) is 2.83. The molecule has 1 rings (SSSR count). The summed E-state index contributed by atoms with van der Waals surface area (Å²) in [6, 6.07) is 0. The van der Waals surface area contributed by atoms with E-state index in [1.165, 1.54) is 0 Å². The Bertz CT molecular complexity index is 120. The summed E-state index contributed by atoms with van der Waals surface area (Å²) in [5.74, 6) is 0.485. The van der Waals surface area contributed by atoms with Gasteiger partial charge in [0.2, 0.25) is 0 Å². The third-order valence-electron chi connectivity index (χ3n) is 1.93. The predicted molar refractivity (Wildman–Crippen MR) is 34.0 cm³/mol. The molecule has 0 spiro atoms. The van der Waals surface area contributed by atoms with Gasteiger partial charge in [-0.25, -0.2) is 0 Å². The van der Waals surface area contributed by atoms with Gasteiger partial charge < -0.3 is 5.11 Å². The second-order valence-electron chi connectivity index (χ2n) is 2.83. The topological polar surface area (TPSA) is 37.3 Å². The lowest BCUT2D eigenvalue weighted by molar-refractivity contribution is -0.124. The molecule has 0 heterocycles. The minimum Gasteiger partial charge on any atom is -0.393 e. The monoisotopic (exact) mass is 128 g/mol. The Balaban J connectivity index is 2.44. The number of Topliss-reactive ketones (excluding diaryl/α,β-unsaturated/α-hetero) is 1. The first-order chi connectivity index (χ1) is 4.20. The smallest absolute Gasteiger partial charge is 0.133 e. The zero-order chi connectivity index (χ0) is 6.85. The number of carbonyl (C=O) groups excluding carboxylic acids is 1. The van der Waals surface area contributed by atoms with Gasteiger partial charge in [0.15, 0.2) is 0 Å². The zero-order valence-corrected chi connectivity index (χ0v) is 5.63. The van der Waals surface area contributed by atoms with Gasteiger partial charge in [-0.05, 0) is 12.3 Å². The third-order valence-corrected chi connectivity index (χ3v) is 1.93. The summed E-state index contributed by atoms with van der Waals surface area (Å²) in [4.78, 5) is 10.7. The molecule has 0 saturated heterocycles. The number of aliphatic hydroxyl groups is 1. The minimum absolute atomic E-state index is 0.186. The summed E-state index contributed by atoms with van der Waals surface area (Å²) in [7, 11) is 0. The van der Waals surface area contributed by atoms with E-state index in [4.69, 9.17) is 5.11 Å². The number of ketones is 1. The number of aliphatic hydroxyl groups excluding tert-OH is 1. The molecule has 0 amide bonds. The van der Waals surface area contributed by atoms with E-state index in [-0.39, 0.29) is 12.0 Å². The Hall–Kier alpha value is -0.370. The maximum Gasteiger partial charge on any atom is 0.133 e. The number of rotatable bonds is 0. The maximum atomic E-state index is 10.7. The fourth-order valence-electron chi connectivity index (χ4n) is 1.19. The van der Waals surface area contributed by atoms with E-state index >= 15 is 0 Å². The standard InChI is InChI=1S/C7H12O2/c1-5-4-6(8)2-3-7(5)9/h5,7,9H,2-4H2,1H3/t5-,7+/m0/s1. The summed E-state index contributed by atoms with van der Waals surface area (Å²) >= 11 is 0. The van der Waals surface area contributed by atoms with E-state index in [2.05, 4.69) is 0 Å². The average molecular weight is 128 g/mol. The Morgan fingerprint density at radius 3 is 2.78 bits per heavy atom. The van der Waals surface area contributed by atoms with Crippen molar-refractivity contribution in [2.75, 3.05) is 0 Å². The summed E-state index contributed by atoms with van der Waals surface area (Å²) < 4.78 is 0. The quantitative estimate of drug-likeness (QED) is 0.522. The van der Waals surface area contributed by atoms with Crippen LogP contribution in [0.3, 0.4) is 0 Å². The lowest BCUT2D eigenvalue weighted by Gasteiger charge is -2.22. The molecule has 1 N–H and O–H groups in total. The molecular formula is C7H12O2. The van der Waals surface area contributed by atoms with Crippen LogP contribution in [-0.2, 0) is 4.79 Å². The molecule has 2 atom stereocenters. The molecule has 1 aliphatic rings. The van der Waals surface area contributed by atoms with Crippen molar-refractivity contribution in [2.24, 2.45) is 5.92 Å². The number of hydrogen-bond donors (Lipinski definition) is 1. The molecule has 2 heteroatoms. The summed E-state index contributed by atoms with van der Waals surface area (Å²) in [6.07, 6.45) is 1.58. The van der Waals surface area contributed by atoms with Gasteiger partial charge in [-0.3, -0.25) is 4.79 Å². The van der Waals surface area contributed by atoms with E-state index < -0.39 is 0 Å². The first kappa shape index (κ1) is 6.75. The maximum absolute atomic E-state index is 10.7. The zero-order valence-electron chi connectivity index (χ0n) is 5.63. The number of carbonyl (C=O) groups is 1. The molecular weight excluding hydrogens is 116 g/mol. The second kappa shape index (κ2) is 2.48. The molecule has 2 nitrogen and oxygen atoms in total.